The van der Waals surface area contributed by atoms with E-state index in [1.165, 1.54) is 25.1 Å². The fourth-order valence-corrected chi connectivity index (χ4v) is 4.26. The second-order valence-electron chi connectivity index (χ2n) is 5.94. The van der Waals surface area contributed by atoms with Gasteiger partial charge >= 0.3 is 6.18 Å². The zero-order chi connectivity index (χ0) is 20.7. The Morgan fingerprint density at radius 3 is 2.57 bits per heavy atom. The van der Waals surface area contributed by atoms with Crippen LogP contribution in [-0.4, -0.2) is 26.2 Å². The van der Waals surface area contributed by atoms with E-state index < -0.39 is 33.7 Å². The number of carbonyl (C=O) groups excluding carboxylic acids is 1. The molecule has 0 aliphatic carbocycles. The summed E-state index contributed by atoms with van der Waals surface area (Å²) in [6.45, 7) is 1.40. The number of anilines is 1. The molecule has 1 amide bonds. The number of fused-ring (bicyclic) bond motifs is 1. The van der Waals surface area contributed by atoms with Gasteiger partial charge in [0.25, 0.3) is 10.0 Å². The van der Waals surface area contributed by atoms with Crippen molar-refractivity contribution in [3.05, 3.63) is 58.1 Å². The van der Waals surface area contributed by atoms with Gasteiger partial charge in [-0.3, -0.25) is 14.5 Å². The molecule has 0 saturated carbocycles. The van der Waals surface area contributed by atoms with Crippen LogP contribution in [0.15, 0.2) is 56.8 Å². The van der Waals surface area contributed by atoms with Gasteiger partial charge in [-0.05, 0) is 37.3 Å². The summed E-state index contributed by atoms with van der Waals surface area (Å²) in [6, 6.07) is 8.37. The molecule has 0 spiro atoms. The van der Waals surface area contributed by atoms with Crippen molar-refractivity contribution in [3.8, 4) is 0 Å². The fraction of sp³-hybridized carbons (Fsp3) is 0.176. The zero-order valence-electron chi connectivity index (χ0n) is 14.2. The minimum absolute atomic E-state index is 0.00466. The van der Waals surface area contributed by atoms with E-state index in [1.54, 1.807) is 18.2 Å². The molecule has 2 aromatic rings. The maximum Gasteiger partial charge on any atom is 0.417 e. The summed E-state index contributed by atoms with van der Waals surface area (Å²) in [6.07, 6.45) is -4.59. The number of rotatable bonds is 3. The molecule has 11 heteroatoms. The molecular weight excluding hydrogens is 463 g/mol. The second kappa shape index (κ2) is 7.21. The zero-order valence-corrected chi connectivity index (χ0v) is 16.6. The van der Waals surface area contributed by atoms with Crippen LogP contribution in [0.3, 0.4) is 0 Å². The highest BCUT2D eigenvalue weighted by molar-refractivity contribution is 9.10. The largest absolute Gasteiger partial charge is 0.417 e. The Kier molecular flexibility index (Phi) is 5.24. The number of halogens is 4. The Labute approximate surface area is 167 Å². The molecule has 2 aromatic carbocycles. The quantitative estimate of drug-likeness (QED) is 0.711. The summed E-state index contributed by atoms with van der Waals surface area (Å²) in [4.78, 5) is 16.5. The molecule has 6 nitrogen and oxygen atoms in total. The van der Waals surface area contributed by atoms with Gasteiger partial charge in [-0.25, -0.2) is 8.42 Å². The van der Waals surface area contributed by atoms with Gasteiger partial charge in [0.2, 0.25) is 5.91 Å². The third-order valence-corrected chi connectivity index (χ3v) is 5.99. The molecule has 1 aliphatic heterocycles. The predicted molar refractivity (Wildman–Crippen MR) is 101 cm³/mol. The third-order valence-electron chi connectivity index (χ3n) is 3.90. The monoisotopic (exact) mass is 475 g/mol. The first-order valence-corrected chi connectivity index (χ1v) is 10.1. The normalized spacial score (nSPS) is 17.7. The van der Waals surface area contributed by atoms with Gasteiger partial charge in [-0.2, -0.15) is 13.2 Å². The lowest BCUT2D eigenvalue weighted by atomic mass is 10.2. The SMILES string of the molecule is CC(N=C1NS(=O)(=O)c2ccccc21)C(=O)Nc1ccc(Br)c(C(F)(F)F)c1. The number of carbonyl (C=O) groups is 1. The van der Waals surface area contributed by atoms with Crippen molar-refractivity contribution in [2.24, 2.45) is 4.99 Å². The first-order valence-electron chi connectivity index (χ1n) is 7.86. The van der Waals surface area contributed by atoms with Crippen LogP contribution in [0.2, 0.25) is 0 Å². The molecule has 28 heavy (non-hydrogen) atoms. The maximum atomic E-state index is 13.0. The van der Waals surface area contributed by atoms with E-state index in [1.807, 2.05) is 0 Å². The lowest BCUT2D eigenvalue weighted by molar-refractivity contribution is -0.138. The van der Waals surface area contributed by atoms with Crippen LogP contribution >= 0.6 is 15.9 Å². The van der Waals surface area contributed by atoms with Crippen LogP contribution < -0.4 is 10.0 Å². The van der Waals surface area contributed by atoms with Crippen molar-refractivity contribution >= 4 is 43.4 Å². The van der Waals surface area contributed by atoms with Gasteiger partial charge in [0.15, 0.2) is 0 Å². The summed E-state index contributed by atoms with van der Waals surface area (Å²) in [5, 5.41) is 2.36. The van der Waals surface area contributed by atoms with Crippen molar-refractivity contribution in [1.82, 2.24) is 4.72 Å². The molecule has 1 heterocycles. The molecule has 0 fully saturated rings. The van der Waals surface area contributed by atoms with Crippen LogP contribution in [0.5, 0.6) is 0 Å². The topological polar surface area (TPSA) is 87.6 Å². The third kappa shape index (κ3) is 4.04. The number of benzene rings is 2. The summed E-state index contributed by atoms with van der Waals surface area (Å²) < 4.78 is 65.2. The van der Waals surface area contributed by atoms with E-state index in [0.717, 1.165) is 6.07 Å². The Bertz CT molecular complexity index is 1080. The van der Waals surface area contributed by atoms with Gasteiger partial charge in [0, 0.05) is 15.7 Å². The van der Waals surface area contributed by atoms with Crippen molar-refractivity contribution in [2.45, 2.75) is 24.0 Å². The number of hydrogen-bond acceptors (Lipinski definition) is 4. The number of sulfonamides is 1. The highest BCUT2D eigenvalue weighted by Gasteiger charge is 2.34. The highest BCUT2D eigenvalue weighted by atomic mass is 79.9. The first-order chi connectivity index (χ1) is 13.0. The maximum absolute atomic E-state index is 13.0. The molecule has 148 valence electrons. The van der Waals surface area contributed by atoms with Gasteiger partial charge in [-0.15, -0.1) is 0 Å². The molecule has 1 atom stereocenters. The molecule has 3 rings (SSSR count). The highest BCUT2D eigenvalue weighted by Crippen LogP contribution is 2.36. The van der Waals surface area contributed by atoms with Crippen LogP contribution in [0.25, 0.3) is 0 Å². The number of nitrogens with zero attached hydrogens (tertiary/aromatic N) is 1. The van der Waals surface area contributed by atoms with Crippen molar-refractivity contribution < 1.29 is 26.4 Å². The number of hydrogen-bond donors (Lipinski definition) is 2. The number of amides is 1. The van der Waals surface area contributed by atoms with Gasteiger partial charge in [-0.1, -0.05) is 28.1 Å². The lowest BCUT2D eigenvalue weighted by Gasteiger charge is -2.13. The van der Waals surface area contributed by atoms with Crippen molar-refractivity contribution in [1.29, 1.82) is 0 Å². The fourth-order valence-electron chi connectivity index (χ4n) is 2.55. The van der Waals surface area contributed by atoms with Crippen molar-refractivity contribution in [2.75, 3.05) is 5.32 Å². The number of amidine groups is 1. The molecular formula is C17H13BrF3N3O3S. The average Bonchev–Trinajstić information content (AvgIpc) is 2.86. The predicted octanol–water partition coefficient (Wildman–Crippen LogP) is 3.53. The van der Waals surface area contributed by atoms with Gasteiger partial charge in [0.1, 0.15) is 11.9 Å². The second-order valence-corrected chi connectivity index (χ2v) is 8.44. The molecule has 0 saturated heterocycles. The van der Waals surface area contributed by atoms with E-state index in [2.05, 4.69) is 31.0 Å². The van der Waals surface area contributed by atoms with Gasteiger partial charge < -0.3 is 5.32 Å². The molecule has 1 unspecified atom stereocenters. The van der Waals surface area contributed by atoms with Crippen LogP contribution in [0.4, 0.5) is 18.9 Å². The Morgan fingerprint density at radius 1 is 1.21 bits per heavy atom. The van der Waals surface area contributed by atoms with Crippen molar-refractivity contribution in [3.63, 3.8) is 0 Å². The average molecular weight is 476 g/mol. The minimum Gasteiger partial charge on any atom is -0.324 e. The van der Waals surface area contributed by atoms with Crippen LogP contribution in [0.1, 0.15) is 18.1 Å². The lowest BCUT2D eigenvalue weighted by Crippen LogP contribution is -2.29. The molecule has 0 bridgehead atoms. The summed E-state index contributed by atoms with van der Waals surface area (Å²) in [5.74, 6) is -0.684. The summed E-state index contributed by atoms with van der Waals surface area (Å²) in [7, 11) is -3.75. The summed E-state index contributed by atoms with van der Waals surface area (Å²) >= 11 is 2.83. The number of nitrogens with one attached hydrogen (secondary N) is 2. The van der Waals surface area contributed by atoms with E-state index >= 15 is 0 Å². The van der Waals surface area contributed by atoms with Gasteiger partial charge in [0.05, 0.1) is 10.5 Å². The van der Waals surface area contributed by atoms with E-state index in [-0.39, 0.29) is 20.9 Å². The number of alkyl halides is 3. The Morgan fingerprint density at radius 2 is 1.89 bits per heavy atom. The summed E-state index contributed by atoms with van der Waals surface area (Å²) in [5.41, 5.74) is -0.660. The molecule has 2 N–H and O–H groups in total. The molecule has 0 aromatic heterocycles. The molecule has 1 aliphatic rings. The van der Waals surface area contributed by atoms with Crippen LogP contribution in [0, 0.1) is 0 Å². The van der Waals surface area contributed by atoms with E-state index in [0.29, 0.717) is 5.56 Å². The molecule has 0 radical (unpaired) electrons. The smallest absolute Gasteiger partial charge is 0.324 e. The first kappa shape index (κ1) is 20.3. The van der Waals surface area contributed by atoms with E-state index in [4.69, 9.17) is 0 Å². The minimum atomic E-state index is -4.59. The van der Waals surface area contributed by atoms with E-state index in [9.17, 15) is 26.4 Å². The number of aliphatic imine (C=N–C) groups is 1. The Hall–Kier alpha value is -2.40. The Balaban J connectivity index is 1.83. The van der Waals surface area contributed by atoms with Crippen LogP contribution in [-0.2, 0) is 21.0 Å². The standard InChI is InChI=1S/C17H13BrF3N3O3S/c1-9(22-15-11-4-2-3-5-14(11)28(26,27)24-15)16(25)23-10-6-7-13(18)12(8-10)17(19,20)21/h2-9H,1H3,(H,22,24)(H,23,25).